The lowest BCUT2D eigenvalue weighted by Crippen LogP contribution is -2.29. The zero-order valence-corrected chi connectivity index (χ0v) is 11.0. The highest BCUT2D eigenvalue weighted by atomic mass is 19.1. The van der Waals surface area contributed by atoms with Crippen LogP contribution in [0.5, 0.6) is 0 Å². The second-order valence-electron chi connectivity index (χ2n) is 4.19. The first-order valence-corrected chi connectivity index (χ1v) is 6.19. The number of carbonyl (C=O) groups is 1. The smallest absolute Gasteiger partial charge is 0.238 e. The van der Waals surface area contributed by atoms with Crippen molar-refractivity contribution in [3.63, 3.8) is 0 Å². The van der Waals surface area contributed by atoms with E-state index in [2.05, 4.69) is 20.8 Å². The Morgan fingerprint density at radius 3 is 2.90 bits per heavy atom. The molecule has 0 atom stereocenters. The third-order valence-electron chi connectivity index (χ3n) is 2.52. The van der Waals surface area contributed by atoms with Crippen LogP contribution in [0.2, 0.25) is 0 Å². The Hall–Kier alpha value is -2.28. The van der Waals surface area contributed by atoms with Crippen LogP contribution in [0.25, 0.3) is 0 Å². The fourth-order valence-electron chi connectivity index (χ4n) is 1.60. The van der Waals surface area contributed by atoms with Crippen LogP contribution in [0, 0.1) is 12.7 Å². The third-order valence-corrected chi connectivity index (χ3v) is 2.52. The summed E-state index contributed by atoms with van der Waals surface area (Å²) in [6, 6.07) is 6.02. The summed E-state index contributed by atoms with van der Waals surface area (Å²) in [7, 11) is 0. The van der Waals surface area contributed by atoms with Gasteiger partial charge in [-0.05, 0) is 19.1 Å². The second-order valence-corrected chi connectivity index (χ2v) is 4.19. The van der Waals surface area contributed by atoms with E-state index in [0.29, 0.717) is 24.7 Å². The highest BCUT2D eigenvalue weighted by Gasteiger charge is 2.06. The molecular formula is C13H15FN4O2. The van der Waals surface area contributed by atoms with Crippen LogP contribution in [0.3, 0.4) is 0 Å². The van der Waals surface area contributed by atoms with Crippen molar-refractivity contribution >= 4 is 11.6 Å². The standard InChI is InChI=1S/C13H15FN4O2/c1-9-16-13(20-18-9)6-7-15-8-12(19)17-11-5-3-2-4-10(11)14/h2-5,15H,6-8H2,1H3,(H,17,19). The van der Waals surface area contributed by atoms with Crippen molar-refractivity contribution in [2.24, 2.45) is 0 Å². The van der Waals surface area contributed by atoms with E-state index in [0.717, 1.165) is 0 Å². The molecule has 0 saturated heterocycles. The number of anilines is 1. The van der Waals surface area contributed by atoms with Gasteiger partial charge in [-0.3, -0.25) is 4.79 Å². The van der Waals surface area contributed by atoms with Gasteiger partial charge in [0.25, 0.3) is 0 Å². The van der Waals surface area contributed by atoms with Gasteiger partial charge in [0.15, 0.2) is 5.82 Å². The number of carbonyl (C=O) groups excluding carboxylic acids is 1. The Balaban J connectivity index is 1.69. The molecule has 1 aromatic heterocycles. The van der Waals surface area contributed by atoms with Crippen LogP contribution in [-0.2, 0) is 11.2 Å². The third kappa shape index (κ3) is 4.13. The zero-order chi connectivity index (χ0) is 14.4. The summed E-state index contributed by atoms with van der Waals surface area (Å²) in [5.41, 5.74) is 0.173. The van der Waals surface area contributed by atoms with E-state index in [4.69, 9.17) is 4.52 Å². The number of para-hydroxylation sites is 1. The van der Waals surface area contributed by atoms with Gasteiger partial charge >= 0.3 is 0 Å². The number of rotatable bonds is 6. The minimum absolute atomic E-state index is 0.0848. The Bertz CT molecular complexity index is 585. The molecule has 0 saturated carbocycles. The summed E-state index contributed by atoms with van der Waals surface area (Å²) in [6.45, 7) is 2.34. The quantitative estimate of drug-likeness (QED) is 0.778. The molecule has 1 heterocycles. The molecule has 2 N–H and O–H groups in total. The number of nitrogens with one attached hydrogen (secondary N) is 2. The highest BCUT2D eigenvalue weighted by molar-refractivity contribution is 5.92. The molecule has 7 heteroatoms. The van der Waals surface area contributed by atoms with E-state index < -0.39 is 5.82 Å². The molecule has 0 aliphatic heterocycles. The predicted molar refractivity (Wildman–Crippen MR) is 70.6 cm³/mol. The molecule has 0 aliphatic rings. The molecule has 6 nitrogen and oxygen atoms in total. The lowest BCUT2D eigenvalue weighted by atomic mass is 10.3. The van der Waals surface area contributed by atoms with Crippen LogP contribution in [-0.4, -0.2) is 29.1 Å². The lowest BCUT2D eigenvalue weighted by Gasteiger charge is -2.06. The maximum absolute atomic E-state index is 13.3. The minimum Gasteiger partial charge on any atom is -0.339 e. The van der Waals surface area contributed by atoms with Gasteiger partial charge in [0.2, 0.25) is 11.8 Å². The Labute approximate surface area is 115 Å². The molecule has 2 aromatic rings. The Kier molecular flexibility index (Phi) is 4.78. The summed E-state index contributed by atoms with van der Waals surface area (Å²) in [5.74, 6) is 0.334. The van der Waals surface area contributed by atoms with Crippen molar-refractivity contribution in [3.05, 3.63) is 41.8 Å². The van der Waals surface area contributed by atoms with Crippen molar-refractivity contribution in [3.8, 4) is 0 Å². The van der Waals surface area contributed by atoms with Crippen LogP contribution in [0.4, 0.5) is 10.1 Å². The molecule has 1 aromatic carbocycles. The maximum Gasteiger partial charge on any atom is 0.238 e. The topological polar surface area (TPSA) is 80.0 Å². The number of hydrogen-bond acceptors (Lipinski definition) is 5. The van der Waals surface area contributed by atoms with Gasteiger partial charge in [0, 0.05) is 13.0 Å². The van der Waals surface area contributed by atoms with Crippen LogP contribution >= 0.6 is 0 Å². The largest absolute Gasteiger partial charge is 0.339 e. The summed E-state index contributed by atoms with van der Waals surface area (Å²) < 4.78 is 18.2. The first-order valence-electron chi connectivity index (χ1n) is 6.19. The minimum atomic E-state index is -0.456. The first kappa shape index (κ1) is 14.1. The molecule has 0 aliphatic carbocycles. The van der Waals surface area contributed by atoms with Gasteiger partial charge in [0.1, 0.15) is 5.82 Å². The van der Waals surface area contributed by atoms with E-state index in [-0.39, 0.29) is 18.1 Å². The van der Waals surface area contributed by atoms with Crippen LogP contribution < -0.4 is 10.6 Å². The number of nitrogens with zero attached hydrogens (tertiary/aromatic N) is 2. The Morgan fingerprint density at radius 2 is 2.20 bits per heavy atom. The second kappa shape index (κ2) is 6.76. The van der Waals surface area contributed by atoms with Crippen molar-refractivity contribution in [1.82, 2.24) is 15.5 Å². The van der Waals surface area contributed by atoms with Gasteiger partial charge in [-0.15, -0.1) is 0 Å². The summed E-state index contributed by atoms with van der Waals surface area (Å²) in [4.78, 5) is 15.6. The summed E-state index contributed by atoms with van der Waals surface area (Å²) in [5, 5.41) is 9.07. The zero-order valence-electron chi connectivity index (χ0n) is 11.0. The van der Waals surface area contributed by atoms with Gasteiger partial charge in [0.05, 0.1) is 12.2 Å². The fraction of sp³-hybridized carbons (Fsp3) is 0.308. The molecule has 0 bridgehead atoms. The van der Waals surface area contributed by atoms with Crippen molar-refractivity contribution in [1.29, 1.82) is 0 Å². The van der Waals surface area contributed by atoms with E-state index in [1.54, 1.807) is 19.1 Å². The molecule has 2 rings (SSSR count). The monoisotopic (exact) mass is 278 g/mol. The molecule has 1 amide bonds. The molecule has 0 spiro atoms. The van der Waals surface area contributed by atoms with Crippen LogP contribution in [0.1, 0.15) is 11.7 Å². The Morgan fingerprint density at radius 1 is 1.40 bits per heavy atom. The number of amides is 1. The van der Waals surface area contributed by atoms with Crippen molar-refractivity contribution < 1.29 is 13.7 Å². The lowest BCUT2D eigenvalue weighted by molar-refractivity contribution is -0.115. The number of aryl methyl sites for hydroxylation is 1. The molecule has 106 valence electrons. The van der Waals surface area contributed by atoms with Crippen LogP contribution in [0.15, 0.2) is 28.8 Å². The van der Waals surface area contributed by atoms with E-state index >= 15 is 0 Å². The number of benzene rings is 1. The molecule has 20 heavy (non-hydrogen) atoms. The normalized spacial score (nSPS) is 10.5. The molecule has 0 fully saturated rings. The fourth-order valence-corrected chi connectivity index (χ4v) is 1.60. The maximum atomic E-state index is 13.3. The predicted octanol–water partition coefficient (Wildman–Crippen LogP) is 1.29. The first-order chi connectivity index (χ1) is 9.65. The van der Waals surface area contributed by atoms with Gasteiger partial charge in [-0.2, -0.15) is 4.98 Å². The average molecular weight is 278 g/mol. The van der Waals surface area contributed by atoms with Crippen molar-refractivity contribution in [2.75, 3.05) is 18.4 Å². The van der Waals surface area contributed by atoms with E-state index in [9.17, 15) is 9.18 Å². The summed E-state index contributed by atoms with van der Waals surface area (Å²) >= 11 is 0. The summed E-state index contributed by atoms with van der Waals surface area (Å²) in [6.07, 6.45) is 0.536. The number of aromatic nitrogens is 2. The van der Waals surface area contributed by atoms with E-state index in [1.807, 2.05) is 0 Å². The van der Waals surface area contributed by atoms with Gasteiger partial charge in [-0.25, -0.2) is 4.39 Å². The van der Waals surface area contributed by atoms with E-state index in [1.165, 1.54) is 12.1 Å². The molecule has 0 unspecified atom stereocenters. The number of halogens is 1. The molecular weight excluding hydrogens is 263 g/mol. The SMILES string of the molecule is Cc1noc(CCNCC(=O)Nc2ccccc2F)n1. The van der Waals surface area contributed by atoms with Gasteiger partial charge < -0.3 is 15.2 Å². The number of hydrogen-bond donors (Lipinski definition) is 2. The highest BCUT2D eigenvalue weighted by Crippen LogP contribution is 2.11. The molecule has 0 radical (unpaired) electrons. The average Bonchev–Trinajstić information content (AvgIpc) is 2.83. The van der Waals surface area contributed by atoms with Crippen molar-refractivity contribution in [2.45, 2.75) is 13.3 Å². The van der Waals surface area contributed by atoms with Gasteiger partial charge in [-0.1, -0.05) is 17.3 Å².